The number of nitrogens with zero attached hydrogens (tertiary/aromatic N) is 5. The number of benzene rings is 2. The van der Waals surface area contributed by atoms with E-state index in [1.165, 1.54) is 34.3 Å². The molecule has 1 atom stereocenters. The lowest BCUT2D eigenvalue weighted by Crippen LogP contribution is -2.29. The average molecular weight is 495 g/mol. The first-order chi connectivity index (χ1) is 16.8. The van der Waals surface area contributed by atoms with E-state index in [2.05, 4.69) is 9.97 Å². The fourth-order valence-electron chi connectivity index (χ4n) is 4.80. The minimum Gasteiger partial charge on any atom is -0.383 e. The van der Waals surface area contributed by atoms with Gasteiger partial charge in [-0.15, -0.1) is 0 Å². The van der Waals surface area contributed by atoms with Gasteiger partial charge < -0.3 is 15.2 Å². The minimum atomic E-state index is -0.522. The van der Waals surface area contributed by atoms with Gasteiger partial charge >= 0.3 is 6.03 Å². The van der Waals surface area contributed by atoms with Crippen molar-refractivity contribution in [3.05, 3.63) is 71.1 Å². The van der Waals surface area contributed by atoms with Crippen LogP contribution in [0.1, 0.15) is 30.5 Å². The van der Waals surface area contributed by atoms with Gasteiger partial charge in [-0.3, -0.25) is 4.90 Å². The molecule has 0 bridgehead atoms. The van der Waals surface area contributed by atoms with Crippen LogP contribution in [-0.2, 0) is 0 Å². The molecule has 1 saturated carbocycles. The number of carbonyl (C=O) groups excluding carboxylic acids is 1. The second-order valence-corrected chi connectivity index (χ2v) is 9.40. The molecule has 7 nitrogen and oxygen atoms in total. The van der Waals surface area contributed by atoms with Gasteiger partial charge in [0.1, 0.15) is 29.4 Å². The number of carbonyl (C=O) groups is 1. The van der Waals surface area contributed by atoms with Crippen LogP contribution in [0.5, 0.6) is 0 Å². The smallest absolute Gasteiger partial charge is 0.324 e. The Balaban J connectivity index is 1.36. The molecule has 2 fully saturated rings. The first kappa shape index (κ1) is 21.8. The summed E-state index contributed by atoms with van der Waals surface area (Å²) in [6, 6.07) is 8.80. The number of anilines is 2. The molecule has 35 heavy (non-hydrogen) atoms. The van der Waals surface area contributed by atoms with Gasteiger partial charge in [0.25, 0.3) is 0 Å². The molecule has 2 aliphatic rings. The zero-order valence-corrected chi connectivity index (χ0v) is 19.5. The molecule has 2 N–H and O–H groups in total. The Morgan fingerprint density at radius 3 is 2.57 bits per heavy atom. The standard InChI is InChI=1S/C25H21ClF2N6O/c1-32-21(13-2-7-19(27)18(26)8-13)11-34(25(32)35)15-5-6-16(20(28)9-15)17-10-33(14-3-4-14)24-22(17)23(29)30-12-31-24/h2,5-10,12,14,21H,3-4,11H2,1H3,(H2,29,30,31). The minimum absolute atomic E-state index is 0.00851. The first-order valence-electron chi connectivity index (χ1n) is 11.2. The molecule has 1 unspecified atom stereocenters. The maximum atomic E-state index is 15.5. The van der Waals surface area contributed by atoms with Crippen LogP contribution in [0.4, 0.5) is 25.1 Å². The van der Waals surface area contributed by atoms with Crippen molar-refractivity contribution < 1.29 is 13.6 Å². The summed E-state index contributed by atoms with van der Waals surface area (Å²) in [6.07, 6.45) is 5.38. The van der Waals surface area contributed by atoms with Crippen molar-refractivity contribution >= 4 is 40.2 Å². The number of rotatable bonds is 4. The molecule has 2 amide bonds. The second kappa shape index (κ2) is 7.91. The van der Waals surface area contributed by atoms with Crippen molar-refractivity contribution in [2.45, 2.75) is 24.9 Å². The topological polar surface area (TPSA) is 80.3 Å². The van der Waals surface area contributed by atoms with Gasteiger partial charge in [-0.25, -0.2) is 23.5 Å². The van der Waals surface area contributed by atoms with Crippen molar-refractivity contribution in [3.8, 4) is 11.1 Å². The normalized spacial score (nSPS) is 18.2. The van der Waals surface area contributed by atoms with E-state index in [-0.39, 0.29) is 23.6 Å². The van der Waals surface area contributed by atoms with Crippen LogP contribution in [0.15, 0.2) is 48.9 Å². The Labute approximate surface area is 204 Å². The summed E-state index contributed by atoms with van der Waals surface area (Å²) < 4.78 is 31.2. The zero-order chi connectivity index (χ0) is 24.4. The molecule has 0 radical (unpaired) electrons. The van der Waals surface area contributed by atoms with E-state index in [0.29, 0.717) is 45.3 Å². The van der Waals surface area contributed by atoms with E-state index in [1.54, 1.807) is 25.2 Å². The average Bonchev–Trinajstić information content (AvgIpc) is 3.54. The molecule has 3 heterocycles. The summed E-state index contributed by atoms with van der Waals surface area (Å²) >= 11 is 5.94. The summed E-state index contributed by atoms with van der Waals surface area (Å²) in [5.74, 6) is -0.708. The third-order valence-corrected chi connectivity index (χ3v) is 7.11. The Hall–Kier alpha value is -3.72. The number of nitrogen functional groups attached to an aromatic ring is 1. The molecule has 1 aliphatic heterocycles. The number of halogens is 3. The molecular weight excluding hydrogens is 474 g/mol. The summed E-state index contributed by atoms with van der Waals surface area (Å²) in [5.41, 5.74) is 8.96. The van der Waals surface area contributed by atoms with Crippen LogP contribution in [0.2, 0.25) is 5.02 Å². The van der Waals surface area contributed by atoms with Crippen LogP contribution >= 0.6 is 11.6 Å². The SMILES string of the molecule is CN1C(=O)N(c2ccc(-c3cn(C4CC4)c4ncnc(N)c34)c(F)c2)CC1c1ccc(F)c(Cl)c1. The van der Waals surface area contributed by atoms with Crippen molar-refractivity contribution in [3.63, 3.8) is 0 Å². The number of nitrogens with two attached hydrogens (primary N) is 1. The largest absolute Gasteiger partial charge is 0.383 e. The van der Waals surface area contributed by atoms with Crippen LogP contribution in [-0.4, -0.2) is 39.1 Å². The number of amides is 2. The fourth-order valence-corrected chi connectivity index (χ4v) is 4.98. The van der Waals surface area contributed by atoms with Gasteiger partial charge in [0, 0.05) is 36.1 Å². The lowest BCUT2D eigenvalue weighted by atomic mass is 10.0. The predicted molar refractivity (Wildman–Crippen MR) is 130 cm³/mol. The number of hydrogen-bond donors (Lipinski definition) is 1. The lowest BCUT2D eigenvalue weighted by Gasteiger charge is -2.18. The van der Waals surface area contributed by atoms with Crippen molar-refractivity contribution in [1.82, 2.24) is 19.4 Å². The Morgan fingerprint density at radius 1 is 1.06 bits per heavy atom. The van der Waals surface area contributed by atoms with Gasteiger partial charge in [-0.05, 0) is 48.7 Å². The molecule has 1 aliphatic carbocycles. The highest BCUT2D eigenvalue weighted by Gasteiger charge is 2.37. The van der Waals surface area contributed by atoms with Crippen molar-refractivity contribution in [2.75, 3.05) is 24.2 Å². The fraction of sp³-hybridized carbons (Fsp3) is 0.240. The monoisotopic (exact) mass is 494 g/mol. The molecule has 4 aromatic rings. The van der Waals surface area contributed by atoms with E-state index >= 15 is 4.39 Å². The zero-order valence-electron chi connectivity index (χ0n) is 18.8. The predicted octanol–water partition coefficient (Wildman–Crippen LogP) is 5.56. The lowest BCUT2D eigenvalue weighted by molar-refractivity contribution is 0.219. The van der Waals surface area contributed by atoms with Gasteiger partial charge in [0.15, 0.2) is 0 Å². The van der Waals surface area contributed by atoms with Gasteiger partial charge in [0.05, 0.1) is 23.0 Å². The molecule has 10 heteroatoms. The summed E-state index contributed by atoms with van der Waals surface area (Å²) in [4.78, 5) is 24.5. The van der Waals surface area contributed by atoms with Crippen LogP contribution in [0.25, 0.3) is 22.2 Å². The van der Waals surface area contributed by atoms with E-state index in [4.69, 9.17) is 17.3 Å². The van der Waals surface area contributed by atoms with E-state index < -0.39 is 11.6 Å². The van der Waals surface area contributed by atoms with Gasteiger partial charge in [0.2, 0.25) is 0 Å². The highest BCUT2D eigenvalue weighted by molar-refractivity contribution is 6.30. The van der Waals surface area contributed by atoms with Crippen molar-refractivity contribution in [2.24, 2.45) is 0 Å². The summed E-state index contributed by atoms with van der Waals surface area (Å²) in [5, 5.41) is 0.613. The number of aromatic nitrogens is 3. The van der Waals surface area contributed by atoms with E-state index in [1.807, 2.05) is 10.8 Å². The Morgan fingerprint density at radius 2 is 1.86 bits per heavy atom. The molecule has 0 spiro atoms. The molecule has 2 aromatic carbocycles. The number of fused-ring (bicyclic) bond motifs is 1. The molecular formula is C25H21ClF2N6O. The molecule has 2 aromatic heterocycles. The molecule has 6 rings (SSSR count). The Bertz CT molecular complexity index is 1500. The van der Waals surface area contributed by atoms with Gasteiger partial charge in [-0.2, -0.15) is 0 Å². The summed E-state index contributed by atoms with van der Waals surface area (Å²) in [7, 11) is 1.66. The second-order valence-electron chi connectivity index (χ2n) is 9.00. The maximum Gasteiger partial charge on any atom is 0.324 e. The third-order valence-electron chi connectivity index (χ3n) is 6.82. The van der Waals surface area contributed by atoms with Crippen LogP contribution in [0.3, 0.4) is 0 Å². The number of hydrogen-bond acceptors (Lipinski definition) is 4. The summed E-state index contributed by atoms with van der Waals surface area (Å²) in [6.45, 7) is 0.276. The van der Waals surface area contributed by atoms with Crippen molar-refractivity contribution in [1.29, 1.82) is 0 Å². The molecule has 178 valence electrons. The number of likely N-dealkylation sites (N-methyl/N-ethyl adjacent to an activating group) is 1. The molecule has 1 saturated heterocycles. The first-order valence-corrected chi connectivity index (χ1v) is 11.6. The maximum absolute atomic E-state index is 15.5. The number of urea groups is 1. The van der Waals surface area contributed by atoms with Crippen LogP contribution in [0, 0.1) is 11.6 Å². The van der Waals surface area contributed by atoms with Gasteiger partial charge in [-0.1, -0.05) is 17.7 Å². The Kier molecular flexibility index (Phi) is 4.93. The highest BCUT2D eigenvalue weighted by Crippen LogP contribution is 2.43. The third kappa shape index (κ3) is 3.49. The van der Waals surface area contributed by atoms with Crippen LogP contribution < -0.4 is 10.6 Å². The van der Waals surface area contributed by atoms with E-state index in [0.717, 1.165) is 12.8 Å². The quantitative estimate of drug-likeness (QED) is 0.403. The van der Waals surface area contributed by atoms with E-state index in [9.17, 15) is 9.18 Å². The highest BCUT2D eigenvalue weighted by atomic mass is 35.5.